The Balaban J connectivity index is 2.21. The molecule has 16 heavy (non-hydrogen) atoms. The van der Waals surface area contributed by atoms with Crippen LogP contribution < -0.4 is 5.73 Å². The summed E-state index contributed by atoms with van der Waals surface area (Å²) in [6, 6.07) is 6.41. The number of phenols is 1. The van der Waals surface area contributed by atoms with Crippen molar-refractivity contribution in [2.45, 2.75) is 12.5 Å². The second-order valence-electron chi connectivity index (χ2n) is 4.25. The molecule has 1 fully saturated rings. The van der Waals surface area contributed by atoms with Crippen molar-refractivity contribution in [2.75, 3.05) is 11.5 Å². The molecule has 1 aromatic rings. The first-order valence-electron chi connectivity index (χ1n) is 5.23. The lowest BCUT2D eigenvalue weighted by molar-refractivity contribution is 0.429. The largest absolute Gasteiger partial charge is 0.508 e. The number of phenolic OH excluding ortho intramolecular Hbond substituents is 1. The average molecular weight is 241 g/mol. The van der Waals surface area contributed by atoms with Gasteiger partial charge in [0.05, 0.1) is 11.5 Å². The van der Waals surface area contributed by atoms with Crippen LogP contribution in [0.1, 0.15) is 18.0 Å². The smallest absolute Gasteiger partial charge is 0.150 e. The van der Waals surface area contributed by atoms with Gasteiger partial charge in [-0.1, -0.05) is 18.2 Å². The van der Waals surface area contributed by atoms with Gasteiger partial charge in [-0.05, 0) is 18.4 Å². The third-order valence-corrected chi connectivity index (χ3v) is 4.87. The Labute approximate surface area is 95.0 Å². The molecule has 0 spiro atoms. The number of aromatic hydroxyl groups is 1. The number of rotatable bonds is 2. The molecule has 88 valence electrons. The van der Waals surface area contributed by atoms with Gasteiger partial charge in [0.2, 0.25) is 0 Å². The molecule has 0 saturated carbocycles. The predicted octanol–water partition coefficient (Wildman–Crippen LogP) is 0.827. The van der Waals surface area contributed by atoms with E-state index in [9.17, 15) is 13.5 Å². The van der Waals surface area contributed by atoms with Crippen molar-refractivity contribution < 1.29 is 13.5 Å². The van der Waals surface area contributed by atoms with E-state index in [1.807, 2.05) is 0 Å². The molecule has 0 amide bonds. The highest BCUT2D eigenvalue weighted by atomic mass is 32.2. The second-order valence-corrected chi connectivity index (χ2v) is 6.48. The number of benzene rings is 1. The molecule has 2 rings (SSSR count). The Morgan fingerprint density at radius 2 is 2.06 bits per heavy atom. The van der Waals surface area contributed by atoms with Crippen LogP contribution in [0.5, 0.6) is 5.75 Å². The summed E-state index contributed by atoms with van der Waals surface area (Å²) in [7, 11) is -2.92. The Morgan fingerprint density at radius 1 is 1.38 bits per heavy atom. The molecule has 0 radical (unpaired) electrons. The van der Waals surface area contributed by atoms with Crippen LogP contribution in [-0.2, 0) is 9.84 Å². The van der Waals surface area contributed by atoms with Gasteiger partial charge in [-0.2, -0.15) is 0 Å². The van der Waals surface area contributed by atoms with Gasteiger partial charge in [0, 0.05) is 11.6 Å². The highest BCUT2D eigenvalue weighted by Gasteiger charge is 2.33. The zero-order chi connectivity index (χ0) is 11.8. The fraction of sp³-hybridized carbons (Fsp3) is 0.455. The minimum absolute atomic E-state index is 0.0849. The highest BCUT2D eigenvalue weighted by molar-refractivity contribution is 7.91. The fourth-order valence-corrected chi connectivity index (χ4v) is 3.99. The quantitative estimate of drug-likeness (QED) is 0.803. The maximum Gasteiger partial charge on any atom is 0.150 e. The van der Waals surface area contributed by atoms with Crippen LogP contribution in [0.4, 0.5) is 0 Å². The minimum atomic E-state index is -2.92. The lowest BCUT2D eigenvalue weighted by Gasteiger charge is -2.18. The van der Waals surface area contributed by atoms with Crippen molar-refractivity contribution in [1.29, 1.82) is 0 Å². The van der Waals surface area contributed by atoms with Crippen molar-refractivity contribution >= 4 is 9.84 Å². The lowest BCUT2D eigenvalue weighted by atomic mass is 9.93. The summed E-state index contributed by atoms with van der Waals surface area (Å²) in [5.41, 5.74) is 6.63. The number of hydrogen-bond donors (Lipinski definition) is 2. The van der Waals surface area contributed by atoms with Gasteiger partial charge in [0.15, 0.2) is 9.84 Å². The van der Waals surface area contributed by atoms with Crippen molar-refractivity contribution in [2.24, 2.45) is 11.7 Å². The van der Waals surface area contributed by atoms with Crippen LogP contribution >= 0.6 is 0 Å². The maximum absolute atomic E-state index is 11.3. The normalized spacial score (nSPS) is 25.4. The van der Waals surface area contributed by atoms with Crippen molar-refractivity contribution in [3.63, 3.8) is 0 Å². The van der Waals surface area contributed by atoms with Crippen LogP contribution in [-0.4, -0.2) is 25.0 Å². The number of sulfone groups is 1. The van der Waals surface area contributed by atoms with Gasteiger partial charge in [0.25, 0.3) is 0 Å². The molecular formula is C11H15NO3S. The standard InChI is InChI=1S/C11H15NO3S/c12-11(8-5-6-16(14,15)7-8)9-3-1-2-4-10(9)13/h1-4,8,11,13H,5-7,12H2. The molecule has 1 aliphatic rings. The van der Waals surface area contributed by atoms with E-state index < -0.39 is 15.9 Å². The fourth-order valence-electron chi connectivity index (χ4n) is 2.13. The molecule has 3 N–H and O–H groups in total. The summed E-state index contributed by atoms with van der Waals surface area (Å²) in [4.78, 5) is 0. The number of para-hydroxylation sites is 1. The molecule has 0 bridgehead atoms. The van der Waals surface area contributed by atoms with Gasteiger partial charge >= 0.3 is 0 Å². The van der Waals surface area contributed by atoms with E-state index in [1.165, 1.54) is 0 Å². The summed E-state index contributed by atoms with van der Waals surface area (Å²) in [6.45, 7) is 0. The van der Waals surface area contributed by atoms with Crippen LogP contribution in [0.25, 0.3) is 0 Å². The monoisotopic (exact) mass is 241 g/mol. The molecule has 1 aliphatic heterocycles. The van der Waals surface area contributed by atoms with Crippen LogP contribution in [0.3, 0.4) is 0 Å². The van der Waals surface area contributed by atoms with E-state index in [2.05, 4.69) is 0 Å². The van der Waals surface area contributed by atoms with Crippen LogP contribution in [0, 0.1) is 5.92 Å². The van der Waals surface area contributed by atoms with Crippen LogP contribution in [0.15, 0.2) is 24.3 Å². The lowest BCUT2D eigenvalue weighted by Crippen LogP contribution is -2.22. The van der Waals surface area contributed by atoms with E-state index in [1.54, 1.807) is 24.3 Å². The highest BCUT2D eigenvalue weighted by Crippen LogP contribution is 2.33. The molecule has 0 aromatic heterocycles. The second kappa shape index (κ2) is 4.07. The Morgan fingerprint density at radius 3 is 2.62 bits per heavy atom. The Kier molecular flexibility index (Phi) is 2.90. The van der Waals surface area contributed by atoms with E-state index in [0.717, 1.165) is 0 Å². The van der Waals surface area contributed by atoms with E-state index in [0.29, 0.717) is 12.0 Å². The molecule has 1 saturated heterocycles. The summed E-state index contributed by atoms with van der Waals surface area (Å²) in [5, 5.41) is 9.64. The zero-order valence-electron chi connectivity index (χ0n) is 8.83. The first-order chi connectivity index (χ1) is 7.49. The molecule has 0 aliphatic carbocycles. The molecule has 5 heteroatoms. The molecule has 1 aromatic carbocycles. The Hall–Kier alpha value is -1.07. The van der Waals surface area contributed by atoms with Gasteiger partial charge in [-0.25, -0.2) is 8.42 Å². The van der Waals surface area contributed by atoms with E-state index in [-0.39, 0.29) is 23.2 Å². The topological polar surface area (TPSA) is 80.4 Å². The van der Waals surface area contributed by atoms with Gasteiger partial charge in [-0.15, -0.1) is 0 Å². The third-order valence-electron chi connectivity index (χ3n) is 3.07. The molecule has 2 unspecified atom stereocenters. The van der Waals surface area contributed by atoms with Crippen LogP contribution in [0.2, 0.25) is 0 Å². The third kappa shape index (κ3) is 2.20. The Bertz CT molecular complexity index is 484. The summed E-state index contributed by atoms with van der Waals surface area (Å²) >= 11 is 0. The van der Waals surface area contributed by atoms with Gasteiger partial charge in [-0.3, -0.25) is 0 Å². The number of nitrogens with two attached hydrogens (primary N) is 1. The SMILES string of the molecule is NC(c1ccccc1O)C1CCS(=O)(=O)C1. The predicted molar refractivity (Wildman–Crippen MR) is 61.8 cm³/mol. The van der Waals surface area contributed by atoms with Gasteiger partial charge in [0.1, 0.15) is 5.75 Å². The van der Waals surface area contributed by atoms with Crippen molar-refractivity contribution in [1.82, 2.24) is 0 Å². The molecule has 4 nitrogen and oxygen atoms in total. The molecular weight excluding hydrogens is 226 g/mol. The summed E-state index contributed by atoms with van der Waals surface area (Å²) in [6.07, 6.45) is 0.581. The van der Waals surface area contributed by atoms with Crippen molar-refractivity contribution in [3.05, 3.63) is 29.8 Å². The maximum atomic E-state index is 11.3. The number of hydrogen-bond acceptors (Lipinski definition) is 4. The van der Waals surface area contributed by atoms with E-state index in [4.69, 9.17) is 5.73 Å². The van der Waals surface area contributed by atoms with Crippen molar-refractivity contribution in [3.8, 4) is 5.75 Å². The summed E-state index contributed by atoms with van der Waals surface area (Å²) in [5.74, 6) is 0.388. The molecule has 2 atom stereocenters. The first kappa shape index (κ1) is 11.4. The first-order valence-corrected chi connectivity index (χ1v) is 7.05. The summed E-state index contributed by atoms with van der Waals surface area (Å²) < 4.78 is 22.7. The van der Waals surface area contributed by atoms with E-state index >= 15 is 0 Å². The zero-order valence-corrected chi connectivity index (χ0v) is 9.65. The molecule has 1 heterocycles. The average Bonchev–Trinajstić information content (AvgIpc) is 2.59. The van der Waals surface area contributed by atoms with Gasteiger partial charge < -0.3 is 10.8 Å². The minimum Gasteiger partial charge on any atom is -0.508 e.